The number of carbonyl (C=O) groups is 3. The lowest BCUT2D eigenvalue weighted by atomic mass is 9.79. The number of carbonyl (C=O) groups excluding carboxylic acids is 3. The molecular formula is C53H62BBrN6O11. The molecular weight excluding hydrogens is 987 g/mol. The first-order valence-electron chi connectivity index (χ1n) is 22.1. The first kappa shape index (κ1) is 55.7. The maximum atomic E-state index is 11.6. The Kier molecular flexibility index (Phi) is 18.1. The molecule has 3 N–H and O–H groups in total. The molecule has 19 heteroatoms. The quantitative estimate of drug-likeness (QED) is 0.138. The van der Waals surface area contributed by atoms with Gasteiger partial charge >= 0.3 is 7.12 Å². The van der Waals surface area contributed by atoms with E-state index in [0.717, 1.165) is 54.6 Å². The molecule has 1 fully saturated rings. The minimum atomic E-state index is -0.425. The third-order valence-electron chi connectivity index (χ3n) is 12.1. The first-order chi connectivity index (χ1) is 33.2. The second-order valence-electron chi connectivity index (χ2n) is 17.6. The van der Waals surface area contributed by atoms with Gasteiger partial charge < -0.3 is 53.5 Å². The van der Waals surface area contributed by atoms with E-state index < -0.39 is 7.12 Å². The lowest BCUT2D eigenvalue weighted by molar-refractivity contribution is -0.121. The second-order valence-corrected chi connectivity index (χ2v) is 18.4. The van der Waals surface area contributed by atoms with Gasteiger partial charge in [0, 0.05) is 59.4 Å². The summed E-state index contributed by atoms with van der Waals surface area (Å²) in [4.78, 5) is 57.8. The summed E-state index contributed by atoms with van der Waals surface area (Å²) in [6.07, 6.45) is 5.20. The molecule has 0 bridgehead atoms. The van der Waals surface area contributed by atoms with E-state index in [1.165, 1.54) is 0 Å². The Balaban J connectivity index is 0.000000181. The van der Waals surface area contributed by atoms with Crippen LogP contribution in [0.2, 0.25) is 0 Å². The number of likely N-dealkylation sites (N-methyl/N-ethyl adjacent to an activating group) is 1. The highest BCUT2D eigenvalue weighted by Gasteiger charge is 2.52. The maximum absolute atomic E-state index is 11.6. The van der Waals surface area contributed by atoms with E-state index in [2.05, 4.69) is 41.5 Å². The molecule has 3 aromatic carbocycles. The number of amides is 3. The van der Waals surface area contributed by atoms with Crippen LogP contribution in [-0.4, -0.2) is 92.1 Å². The molecule has 7 heterocycles. The monoisotopic (exact) mass is 1050 g/mol. The van der Waals surface area contributed by atoms with E-state index in [1.54, 1.807) is 50.8 Å². The summed E-state index contributed by atoms with van der Waals surface area (Å²) < 4.78 is 39.3. The Morgan fingerprint density at radius 3 is 1.74 bits per heavy atom. The number of fused-ring (bicyclic) bond motifs is 3. The number of hydrogen-bond donors (Lipinski definition) is 3. The topological polar surface area (TPSA) is 202 Å². The highest BCUT2D eigenvalue weighted by molar-refractivity contribution is 9.10. The van der Waals surface area contributed by atoms with Crippen molar-refractivity contribution in [1.82, 2.24) is 15.0 Å². The fourth-order valence-electron chi connectivity index (χ4n) is 7.36. The van der Waals surface area contributed by atoms with Crippen LogP contribution in [-0.2, 0) is 23.7 Å². The van der Waals surface area contributed by atoms with Gasteiger partial charge in [-0.25, -0.2) is 9.97 Å². The number of methoxy groups -OCH3 is 2. The summed E-state index contributed by atoms with van der Waals surface area (Å²) in [7, 11) is 4.51. The number of H-pyrrole nitrogens is 1. The van der Waals surface area contributed by atoms with Gasteiger partial charge in [0.25, 0.3) is 17.7 Å². The minimum Gasteiger partial charge on any atom is -0.482 e. The number of benzene rings is 3. The van der Waals surface area contributed by atoms with Crippen molar-refractivity contribution in [1.29, 1.82) is 0 Å². The number of nitrogens with zero attached hydrogens (tertiary/aromatic N) is 3. The Morgan fingerprint density at radius 1 is 0.639 bits per heavy atom. The number of anilines is 3. The van der Waals surface area contributed by atoms with Gasteiger partial charge in [0.15, 0.2) is 19.8 Å². The molecule has 17 nitrogen and oxygen atoms in total. The van der Waals surface area contributed by atoms with Gasteiger partial charge in [-0.05, 0) is 134 Å². The Morgan fingerprint density at radius 2 is 1.15 bits per heavy atom. The number of aromatic amines is 1. The van der Waals surface area contributed by atoms with Gasteiger partial charge in [-0.3, -0.25) is 19.2 Å². The standard InChI is InChI=1S/2C15H14N2O3.C14H18BNO4.C7H8BrNO.2CH4/c1-9-5-15(19-2)16-7-11(9)10-3-4-12-13(6-10)20-8-14(18)17-12;1-9-5-14(18)16-7-11(9)10-3-4-12-13(6-10)20-8-15(19)17(12)2;1-13(2)14(3,4)20-15(19-13)9-5-6-10-11(7-9)18-8-12(17)16-10;1-5-3-7(10-2)9-4-6(5)8;;/h3-7H,8H2,1-2H3,(H,17,18);3-7H,8H2,1-2H3,(H,16,18);5-7H,8H2,1-4H3,(H,16,17);3-4H,1-2H3;2*1H4. The molecule has 0 atom stereocenters. The van der Waals surface area contributed by atoms with Gasteiger partial charge in [0.2, 0.25) is 17.3 Å². The summed E-state index contributed by atoms with van der Waals surface area (Å²) in [6, 6.07) is 22.2. The number of pyridine rings is 3. The van der Waals surface area contributed by atoms with Crippen LogP contribution >= 0.6 is 15.9 Å². The molecule has 4 aliphatic rings. The number of halogens is 1. The maximum Gasteiger partial charge on any atom is 0.494 e. The Hall–Kier alpha value is -7.22. The van der Waals surface area contributed by atoms with E-state index in [0.29, 0.717) is 40.4 Å². The van der Waals surface area contributed by atoms with Crippen molar-refractivity contribution in [3.63, 3.8) is 0 Å². The van der Waals surface area contributed by atoms with Gasteiger partial charge in [-0.15, -0.1) is 0 Å². The molecule has 4 aliphatic heterocycles. The zero-order chi connectivity index (χ0) is 50.5. The smallest absolute Gasteiger partial charge is 0.482 e. The van der Waals surface area contributed by atoms with E-state index in [1.807, 2.05) is 115 Å². The normalized spacial score (nSPS) is 15.2. The Bertz CT molecular complexity index is 3000. The molecule has 0 spiro atoms. The van der Waals surface area contributed by atoms with Crippen molar-refractivity contribution in [2.45, 2.75) is 74.5 Å². The molecule has 6 aromatic rings. The zero-order valence-electron chi connectivity index (χ0n) is 40.6. The molecule has 3 aromatic heterocycles. The Labute approximate surface area is 429 Å². The van der Waals surface area contributed by atoms with Crippen molar-refractivity contribution in [3.05, 3.63) is 123 Å². The number of hydrogen-bond acceptors (Lipinski definition) is 13. The van der Waals surface area contributed by atoms with Crippen LogP contribution in [0.15, 0.2) is 101 Å². The third kappa shape index (κ3) is 12.8. The second kappa shape index (κ2) is 23.3. The van der Waals surface area contributed by atoms with Crippen molar-refractivity contribution >= 4 is 63.3 Å². The van der Waals surface area contributed by atoms with Crippen molar-refractivity contribution in [2.24, 2.45) is 0 Å². The first-order valence-corrected chi connectivity index (χ1v) is 22.9. The van der Waals surface area contributed by atoms with E-state index in [-0.39, 0.29) is 69.2 Å². The average Bonchev–Trinajstić information content (AvgIpc) is 3.56. The summed E-state index contributed by atoms with van der Waals surface area (Å²) in [5.41, 5.74) is 9.14. The number of rotatable bonds is 5. The van der Waals surface area contributed by atoms with Crippen LogP contribution in [0, 0.1) is 20.8 Å². The zero-order valence-corrected chi connectivity index (χ0v) is 42.2. The largest absolute Gasteiger partial charge is 0.494 e. The van der Waals surface area contributed by atoms with Gasteiger partial charge in [-0.2, -0.15) is 0 Å². The van der Waals surface area contributed by atoms with Crippen molar-refractivity contribution in [3.8, 4) is 51.3 Å². The minimum absolute atomic E-state index is 0. The van der Waals surface area contributed by atoms with E-state index in [9.17, 15) is 19.2 Å². The molecule has 380 valence electrons. The highest BCUT2D eigenvalue weighted by Crippen LogP contribution is 2.39. The average molecular weight is 1050 g/mol. The summed E-state index contributed by atoms with van der Waals surface area (Å²) in [5, 5.41) is 5.54. The van der Waals surface area contributed by atoms with Crippen LogP contribution < -0.4 is 50.2 Å². The summed E-state index contributed by atoms with van der Waals surface area (Å²) in [6.45, 7) is 14.1. The van der Waals surface area contributed by atoms with E-state index in [4.69, 9.17) is 33.0 Å². The predicted molar refractivity (Wildman–Crippen MR) is 284 cm³/mol. The lowest BCUT2D eigenvalue weighted by Gasteiger charge is -2.32. The van der Waals surface area contributed by atoms with Crippen LogP contribution in [0.4, 0.5) is 17.1 Å². The number of nitrogens with one attached hydrogen (secondary N) is 3. The molecule has 1 saturated heterocycles. The molecule has 72 heavy (non-hydrogen) atoms. The molecule has 0 saturated carbocycles. The molecule has 0 radical (unpaired) electrons. The third-order valence-corrected chi connectivity index (χ3v) is 12.9. The number of aromatic nitrogens is 3. The van der Waals surface area contributed by atoms with Gasteiger partial charge in [0.1, 0.15) is 17.2 Å². The number of ether oxygens (including phenoxy) is 5. The number of aryl methyl sites for hydroxylation is 3. The van der Waals surface area contributed by atoms with Gasteiger partial charge in [0.05, 0.1) is 42.5 Å². The predicted octanol–water partition coefficient (Wildman–Crippen LogP) is 8.85. The molecule has 10 rings (SSSR count). The SMILES string of the molecule is C.C.CC1(C)OB(c2ccc3c(c2)OCC(=O)N3)OC1(C)C.COc1cc(C)c(-c2ccc3c(c2)OCC(=O)N3)cn1.COc1cc(C)c(Br)cn1.Cc1cc(=O)[nH]cc1-c1ccc2c(c1)OCC(=O)N2C. The van der Waals surface area contributed by atoms with Crippen LogP contribution in [0.3, 0.4) is 0 Å². The van der Waals surface area contributed by atoms with Crippen LogP contribution in [0.25, 0.3) is 22.3 Å². The van der Waals surface area contributed by atoms with Gasteiger partial charge in [-0.1, -0.05) is 33.1 Å². The highest BCUT2D eigenvalue weighted by atomic mass is 79.9. The molecule has 3 amide bonds. The fraction of sp³-hybridized carbons (Fsp3) is 0.321. The molecule has 0 unspecified atom stereocenters. The lowest BCUT2D eigenvalue weighted by Crippen LogP contribution is -2.41. The summed E-state index contributed by atoms with van der Waals surface area (Å²) in [5.74, 6) is 2.91. The van der Waals surface area contributed by atoms with Crippen LogP contribution in [0.1, 0.15) is 59.2 Å². The molecule has 0 aliphatic carbocycles. The fourth-order valence-corrected chi connectivity index (χ4v) is 7.57. The van der Waals surface area contributed by atoms with Crippen molar-refractivity contribution < 1.29 is 47.4 Å². The van der Waals surface area contributed by atoms with Crippen LogP contribution in [0.5, 0.6) is 29.0 Å². The summed E-state index contributed by atoms with van der Waals surface area (Å²) >= 11 is 3.34. The van der Waals surface area contributed by atoms with Crippen molar-refractivity contribution in [2.75, 3.05) is 56.6 Å². The van der Waals surface area contributed by atoms with E-state index >= 15 is 0 Å².